The third-order valence-electron chi connectivity index (χ3n) is 6.35. The Morgan fingerprint density at radius 2 is 1.83 bits per heavy atom. The van der Waals surface area contributed by atoms with Crippen molar-refractivity contribution in [2.24, 2.45) is 0 Å². The first-order valence-electron chi connectivity index (χ1n) is 11.7. The molecule has 0 bridgehead atoms. The predicted molar refractivity (Wildman–Crippen MR) is 132 cm³/mol. The van der Waals surface area contributed by atoms with E-state index in [1.165, 1.54) is 0 Å². The van der Waals surface area contributed by atoms with Gasteiger partial charge in [0.25, 0.3) is 11.8 Å². The zero-order valence-electron chi connectivity index (χ0n) is 19.3. The number of nitrogens with zero attached hydrogens (tertiary/aromatic N) is 3. The first-order chi connectivity index (χ1) is 16.9. The lowest BCUT2D eigenvalue weighted by Crippen LogP contribution is -2.50. The van der Waals surface area contributed by atoms with Crippen LogP contribution in [0.1, 0.15) is 39.6 Å². The molecule has 1 saturated heterocycles. The number of rotatable bonds is 4. The van der Waals surface area contributed by atoms with Crippen molar-refractivity contribution in [1.29, 1.82) is 0 Å². The molecular formula is C26H25ClN4O4. The molecule has 0 radical (unpaired) electrons. The van der Waals surface area contributed by atoms with E-state index in [-0.39, 0.29) is 17.9 Å². The molecule has 0 spiro atoms. The minimum Gasteiger partial charge on any atom is -0.449 e. The van der Waals surface area contributed by atoms with Gasteiger partial charge in [0, 0.05) is 54.8 Å². The van der Waals surface area contributed by atoms with Crippen molar-refractivity contribution in [1.82, 2.24) is 20.1 Å². The van der Waals surface area contributed by atoms with Crippen LogP contribution in [0.4, 0.5) is 4.79 Å². The molecule has 0 aliphatic carbocycles. The Balaban J connectivity index is 1.36. The van der Waals surface area contributed by atoms with Crippen molar-refractivity contribution < 1.29 is 19.1 Å². The van der Waals surface area contributed by atoms with Gasteiger partial charge in [0.1, 0.15) is 0 Å². The number of pyridine rings is 1. The normalized spacial score (nSPS) is 15.2. The molecule has 3 aromatic rings. The maximum absolute atomic E-state index is 13.2. The zero-order valence-corrected chi connectivity index (χ0v) is 20.1. The van der Waals surface area contributed by atoms with Crippen molar-refractivity contribution >= 4 is 40.4 Å². The summed E-state index contributed by atoms with van der Waals surface area (Å²) in [6.07, 6.45) is 0.442. The molecule has 8 nitrogen and oxygen atoms in total. The Bertz CT molecular complexity index is 1330. The molecule has 0 saturated carbocycles. The van der Waals surface area contributed by atoms with Gasteiger partial charge in [-0.3, -0.25) is 9.59 Å². The second-order valence-corrected chi connectivity index (χ2v) is 9.08. The summed E-state index contributed by atoms with van der Waals surface area (Å²) in [6.45, 7) is 4.59. The number of ether oxygens (including phenoxy) is 1. The summed E-state index contributed by atoms with van der Waals surface area (Å²) < 4.78 is 5.19. The fourth-order valence-corrected chi connectivity index (χ4v) is 4.68. The molecule has 35 heavy (non-hydrogen) atoms. The average Bonchev–Trinajstić information content (AvgIpc) is 3.26. The smallest absolute Gasteiger partial charge is 0.409 e. The Hall–Kier alpha value is -3.65. The first kappa shape index (κ1) is 23.1. The van der Waals surface area contributed by atoms with E-state index in [1.54, 1.807) is 34.1 Å². The van der Waals surface area contributed by atoms with E-state index >= 15 is 0 Å². The molecule has 9 heteroatoms. The Morgan fingerprint density at radius 3 is 2.60 bits per heavy atom. The number of amides is 3. The van der Waals surface area contributed by atoms with Crippen LogP contribution in [0.15, 0.2) is 42.5 Å². The summed E-state index contributed by atoms with van der Waals surface area (Å²) in [6, 6.07) is 12.7. The van der Waals surface area contributed by atoms with Gasteiger partial charge in [-0.1, -0.05) is 30.7 Å². The highest BCUT2D eigenvalue weighted by molar-refractivity contribution is 6.35. The number of hydrogen-bond acceptors (Lipinski definition) is 5. The fraction of sp³-hybridized carbons (Fsp3) is 0.308. The van der Waals surface area contributed by atoms with Gasteiger partial charge >= 0.3 is 6.09 Å². The number of carbonyl (C=O) groups is 3. The number of hydrogen-bond donors (Lipinski definition) is 1. The minimum atomic E-state index is -0.331. The van der Waals surface area contributed by atoms with Crippen molar-refractivity contribution in [3.8, 4) is 11.3 Å². The van der Waals surface area contributed by atoms with E-state index in [0.29, 0.717) is 66.7 Å². The second kappa shape index (κ2) is 9.54. The quantitative estimate of drug-likeness (QED) is 0.592. The van der Waals surface area contributed by atoms with Crippen LogP contribution in [0.2, 0.25) is 5.02 Å². The van der Waals surface area contributed by atoms with Gasteiger partial charge in [-0.25, -0.2) is 9.78 Å². The van der Waals surface area contributed by atoms with Gasteiger partial charge in [-0.2, -0.15) is 0 Å². The maximum Gasteiger partial charge on any atom is 0.409 e. The van der Waals surface area contributed by atoms with Crippen molar-refractivity contribution in [3.63, 3.8) is 0 Å². The molecule has 1 N–H and O–H groups in total. The summed E-state index contributed by atoms with van der Waals surface area (Å²) in [7, 11) is 0. The molecule has 1 fully saturated rings. The third-order valence-corrected chi connectivity index (χ3v) is 6.66. The molecular weight excluding hydrogens is 468 g/mol. The third kappa shape index (κ3) is 4.53. The predicted octanol–water partition coefficient (Wildman–Crippen LogP) is 4.10. The first-order valence-corrected chi connectivity index (χ1v) is 12.0. The van der Waals surface area contributed by atoms with Crippen LogP contribution in [-0.2, 0) is 11.3 Å². The van der Waals surface area contributed by atoms with Gasteiger partial charge in [-0.15, -0.1) is 0 Å². The average molecular weight is 493 g/mol. The highest BCUT2D eigenvalue weighted by Crippen LogP contribution is 2.31. The fourth-order valence-electron chi connectivity index (χ4n) is 4.41. The molecule has 2 aliphatic heterocycles. The zero-order chi connectivity index (χ0) is 24.5. The lowest BCUT2D eigenvalue weighted by molar-refractivity contribution is 0.0560. The van der Waals surface area contributed by atoms with E-state index in [1.807, 2.05) is 25.1 Å². The molecule has 1 aromatic heterocycles. The van der Waals surface area contributed by atoms with Crippen LogP contribution < -0.4 is 5.32 Å². The molecule has 3 heterocycles. The van der Waals surface area contributed by atoms with Gasteiger partial charge in [0.2, 0.25) is 0 Å². The monoisotopic (exact) mass is 492 g/mol. The minimum absolute atomic E-state index is 0.0714. The molecule has 3 amide bonds. The molecule has 5 rings (SSSR count). The molecule has 0 unspecified atom stereocenters. The topological polar surface area (TPSA) is 91.8 Å². The number of benzene rings is 2. The van der Waals surface area contributed by atoms with Crippen LogP contribution in [0.25, 0.3) is 22.2 Å². The van der Waals surface area contributed by atoms with E-state index in [9.17, 15) is 14.4 Å². The van der Waals surface area contributed by atoms with Crippen molar-refractivity contribution in [2.75, 3.05) is 32.8 Å². The maximum atomic E-state index is 13.2. The second-order valence-electron chi connectivity index (χ2n) is 8.67. The van der Waals surface area contributed by atoms with Crippen LogP contribution in [-0.4, -0.2) is 65.5 Å². The summed E-state index contributed by atoms with van der Waals surface area (Å²) in [5.74, 6) is -0.184. The largest absolute Gasteiger partial charge is 0.449 e. The lowest BCUT2D eigenvalue weighted by Gasteiger charge is -2.34. The van der Waals surface area contributed by atoms with Gasteiger partial charge in [0.15, 0.2) is 0 Å². The number of halogens is 1. The summed E-state index contributed by atoms with van der Waals surface area (Å²) >= 11 is 6.56. The van der Waals surface area contributed by atoms with E-state index in [2.05, 4.69) is 5.32 Å². The lowest BCUT2D eigenvalue weighted by atomic mass is 10.0. The number of fused-ring (bicyclic) bond motifs is 2. The Kier molecular flexibility index (Phi) is 6.30. The standard InChI is InChI=1S/C26H25ClN4O4/c1-2-11-35-26(34)31-9-7-30(8-10-31)25(33)17-4-6-20-21(27)14-22(29-23(20)13-17)16-3-5-19-18(12-16)15-28-24(19)32/h3-6,12-14H,2,7-11,15H2,1H3,(H,28,32). The van der Waals surface area contributed by atoms with Gasteiger partial charge in [-0.05, 0) is 42.3 Å². The number of aromatic nitrogens is 1. The van der Waals surface area contributed by atoms with Crippen molar-refractivity contribution in [3.05, 3.63) is 64.2 Å². The van der Waals surface area contributed by atoms with Crippen molar-refractivity contribution in [2.45, 2.75) is 19.9 Å². The van der Waals surface area contributed by atoms with Crippen LogP contribution in [0.5, 0.6) is 0 Å². The highest BCUT2D eigenvalue weighted by atomic mass is 35.5. The van der Waals surface area contributed by atoms with E-state index in [0.717, 1.165) is 22.9 Å². The number of carbonyl (C=O) groups excluding carboxylic acids is 3. The summed E-state index contributed by atoms with van der Waals surface area (Å²) in [5.41, 5.74) is 4.26. The summed E-state index contributed by atoms with van der Waals surface area (Å²) in [4.78, 5) is 45.3. The van der Waals surface area contributed by atoms with Gasteiger partial charge < -0.3 is 19.9 Å². The molecule has 0 atom stereocenters. The summed E-state index contributed by atoms with van der Waals surface area (Å²) in [5, 5.41) is 4.11. The SMILES string of the molecule is CCCOC(=O)N1CCN(C(=O)c2ccc3c(Cl)cc(-c4ccc5c(c4)CNC5=O)nc3c2)CC1. The molecule has 2 aromatic carbocycles. The van der Waals surface area contributed by atoms with E-state index in [4.69, 9.17) is 21.3 Å². The molecule has 2 aliphatic rings. The van der Waals surface area contributed by atoms with E-state index < -0.39 is 0 Å². The number of nitrogens with one attached hydrogen (secondary N) is 1. The Morgan fingerprint density at radius 1 is 1.06 bits per heavy atom. The van der Waals surface area contributed by atoms with Crippen LogP contribution in [0.3, 0.4) is 0 Å². The Labute approximate surface area is 207 Å². The van der Waals surface area contributed by atoms with Gasteiger partial charge in [0.05, 0.1) is 22.8 Å². The highest BCUT2D eigenvalue weighted by Gasteiger charge is 2.26. The number of piperazine rings is 1. The van der Waals surface area contributed by atoms with Crippen LogP contribution in [0, 0.1) is 0 Å². The molecule has 180 valence electrons. The van der Waals surface area contributed by atoms with Crippen LogP contribution >= 0.6 is 11.6 Å².